The number of anilines is 1. The first kappa shape index (κ1) is 11.8. The molecule has 0 unspecified atom stereocenters. The Kier molecular flexibility index (Phi) is 3.54. The van der Waals surface area contributed by atoms with E-state index in [9.17, 15) is 0 Å². The topological polar surface area (TPSA) is 42.1 Å². The fraction of sp³-hybridized carbons (Fsp3) is 0.231. The molecule has 2 rings (SSSR count). The standard InChI is InChI=1S/C13H15N3S/c1-16(9-7-12(14)17)13-11-5-3-2-4-10(11)6-8-15-13/h2-6,8H,7,9H2,1H3,(H2,14,17). The molecule has 17 heavy (non-hydrogen) atoms. The fourth-order valence-electron chi connectivity index (χ4n) is 1.79. The molecule has 0 aliphatic rings. The molecule has 3 nitrogen and oxygen atoms in total. The highest BCUT2D eigenvalue weighted by molar-refractivity contribution is 7.80. The summed E-state index contributed by atoms with van der Waals surface area (Å²) in [5.41, 5.74) is 5.52. The number of nitrogens with two attached hydrogens (primary N) is 1. The molecule has 1 aromatic carbocycles. The molecular weight excluding hydrogens is 230 g/mol. The second kappa shape index (κ2) is 5.10. The zero-order valence-corrected chi connectivity index (χ0v) is 10.6. The van der Waals surface area contributed by atoms with Crippen molar-refractivity contribution in [2.45, 2.75) is 6.42 Å². The van der Waals surface area contributed by atoms with Gasteiger partial charge in [0.2, 0.25) is 0 Å². The van der Waals surface area contributed by atoms with Gasteiger partial charge in [-0.3, -0.25) is 0 Å². The molecule has 0 radical (unpaired) electrons. The van der Waals surface area contributed by atoms with Crippen LogP contribution in [0.4, 0.5) is 5.82 Å². The number of fused-ring (bicyclic) bond motifs is 1. The molecule has 0 saturated heterocycles. The quantitative estimate of drug-likeness (QED) is 0.840. The Hall–Kier alpha value is -1.68. The Labute approximate surface area is 106 Å². The summed E-state index contributed by atoms with van der Waals surface area (Å²) in [6, 6.07) is 10.2. The maximum atomic E-state index is 5.52. The van der Waals surface area contributed by atoms with E-state index < -0.39 is 0 Å². The van der Waals surface area contributed by atoms with E-state index in [1.807, 2.05) is 31.4 Å². The van der Waals surface area contributed by atoms with Gasteiger partial charge in [-0.25, -0.2) is 4.98 Å². The van der Waals surface area contributed by atoms with Gasteiger partial charge in [0.05, 0.1) is 4.99 Å². The molecule has 0 aliphatic carbocycles. The average molecular weight is 245 g/mol. The molecule has 0 bridgehead atoms. The first-order valence-corrected chi connectivity index (χ1v) is 5.92. The van der Waals surface area contributed by atoms with Crippen molar-refractivity contribution < 1.29 is 0 Å². The Morgan fingerprint density at radius 1 is 1.35 bits per heavy atom. The molecule has 1 heterocycles. The van der Waals surface area contributed by atoms with Crippen molar-refractivity contribution in [3.8, 4) is 0 Å². The van der Waals surface area contributed by atoms with Gasteiger partial charge in [0.15, 0.2) is 0 Å². The van der Waals surface area contributed by atoms with E-state index in [0.29, 0.717) is 11.4 Å². The predicted molar refractivity (Wildman–Crippen MR) is 76.4 cm³/mol. The lowest BCUT2D eigenvalue weighted by molar-refractivity contribution is 0.905. The lowest BCUT2D eigenvalue weighted by Gasteiger charge is -2.19. The summed E-state index contributed by atoms with van der Waals surface area (Å²) in [4.78, 5) is 7.05. The van der Waals surface area contributed by atoms with Crippen molar-refractivity contribution in [2.75, 3.05) is 18.5 Å². The molecule has 2 N–H and O–H groups in total. The number of aromatic nitrogens is 1. The van der Waals surface area contributed by atoms with Crippen molar-refractivity contribution in [3.63, 3.8) is 0 Å². The summed E-state index contributed by atoms with van der Waals surface area (Å²) < 4.78 is 0. The van der Waals surface area contributed by atoms with E-state index in [1.54, 1.807) is 0 Å². The van der Waals surface area contributed by atoms with E-state index in [0.717, 1.165) is 17.7 Å². The Balaban J connectivity index is 2.31. The van der Waals surface area contributed by atoms with Gasteiger partial charge in [0.1, 0.15) is 5.82 Å². The average Bonchev–Trinajstić information content (AvgIpc) is 2.35. The second-order valence-electron chi connectivity index (χ2n) is 3.99. The molecule has 1 aromatic heterocycles. The van der Waals surface area contributed by atoms with Crippen LogP contribution in [0.25, 0.3) is 10.8 Å². The van der Waals surface area contributed by atoms with Crippen molar-refractivity contribution >= 4 is 33.8 Å². The maximum Gasteiger partial charge on any atom is 0.136 e. The van der Waals surface area contributed by atoms with Gasteiger partial charge in [-0.05, 0) is 11.5 Å². The van der Waals surface area contributed by atoms with Crippen LogP contribution in [0.2, 0.25) is 0 Å². The van der Waals surface area contributed by atoms with Crippen LogP contribution < -0.4 is 10.6 Å². The molecule has 0 fully saturated rings. The van der Waals surface area contributed by atoms with Crippen LogP contribution in [0.1, 0.15) is 6.42 Å². The minimum absolute atomic E-state index is 0.539. The minimum Gasteiger partial charge on any atom is -0.393 e. The van der Waals surface area contributed by atoms with Crippen molar-refractivity contribution in [1.29, 1.82) is 0 Å². The molecule has 0 aliphatic heterocycles. The van der Waals surface area contributed by atoms with Gasteiger partial charge in [-0.2, -0.15) is 0 Å². The van der Waals surface area contributed by atoms with Crippen LogP contribution in [-0.2, 0) is 0 Å². The van der Waals surface area contributed by atoms with Crippen LogP contribution in [0.5, 0.6) is 0 Å². The monoisotopic (exact) mass is 245 g/mol. The number of benzene rings is 1. The SMILES string of the molecule is CN(CCC(N)=S)c1nccc2ccccc12. The summed E-state index contributed by atoms with van der Waals surface area (Å²) in [7, 11) is 2.01. The molecule has 4 heteroatoms. The lowest BCUT2D eigenvalue weighted by Crippen LogP contribution is -2.24. The van der Waals surface area contributed by atoms with Crippen LogP contribution in [-0.4, -0.2) is 23.6 Å². The first-order chi connectivity index (χ1) is 8.18. The van der Waals surface area contributed by atoms with Gasteiger partial charge in [-0.15, -0.1) is 0 Å². The van der Waals surface area contributed by atoms with Crippen LogP contribution in [0, 0.1) is 0 Å². The van der Waals surface area contributed by atoms with E-state index >= 15 is 0 Å². The molecule has 0 spiro atoms. The van der Waals surface area contributed by atoms with Gasteiger partial charge in [0, 0.05) is 31.6 Å². The van der Waals surface area contributed by atoms with Crippen LogP contribution in [0.3, 0.4) is 0 Å². The summed E-state index contributed by atoms with van der Waals surface area (Å²) in [6.07, 6.45) is 2.53. The van der Waals surface area contributed by atoms with E-state index in [4.69, 9.17) is 18.0 Å². The highest BCUT2D eigenvalue weighted by Gasteiger charge is 2.07. The third kappa shape index (κ3) is 2.71. The summed E-state index contributed by atoms with van der Waals surface area (Å²) in [6.45, 7) is 0.788. The Bertz CT molecular complexity index is 534. The van der Waals surface area contributed by atoms with Gasteiger partial charge in [0.25, 0.3) is 0 Å². The number of rotatable bonds is 4. The Morgan fingerprint density at radius 2 is 2.12 bits per heavy atom. The summed E-state index contributed by atoms with van der Waals surface area (Å²) in [5, 5.41) is 2.35. The van der Waals surface area contributed by atoms with E-state index in [-0.39, 0.29) is 0 Å². The molecule has 88 valence electrons. The zero-order valence-electron chi connectivity index (χ0n) is 9.76. The molecule has 0 amide bonds. The van der Waals surface area contributed by atoms with Gasteiger partial charge >= 0.3 is 0 Å². The van der Waals surface area contributed by atoms with Crippen molar-refractivity contribution in [3.05, 3.63) is 36.5 Å². The van der Waals surface area contributed by atoms with Crippen molar-refractivity contribution in [2.24, 2.45) is 5.73 Å². The highest BCUT2D eigenvalue weighted by Crippen LogP contribution is 2.23. The third-order valence-electron chi connectivity index (χ3n) is 2.71. The lowest BCUT2D eigenvalue weighted by atomic mass is 10.1. The first-order valence-electron chi connectivity index (χ1n) is 5.51. The largest absolute Gasteiger partial charge is 0.393 e. The minimum atomic E-state index is 0.539. The summed E-state index contributed by atoms with van der Waals surface area (Å²) in [5.74, 6) is 0.972. The number of hydrogen-bond donors (Lipinski definition) is 1. The summed E-state index contributed by atoms with van der Waals surface area (Å²) >= 11 is 4.89. The fourth-order valence-corrected chi connectivity index (χ4v) is 1.88. The Morgan fingerprint density at radius 3 is 2.88 bits per heavy atom. The predicted octanol–water partition coefficient (Wildman–Crippen LogP) is 2.35. The third-order valence-corrected chi connectivity index (χ3v) is 2.91. The van der Waals surface area contributed by atoms with Gasteiger partial charge < -0.3 is 10.6 Å². The number of hydrogen-bond acceptors (Lipinski definition) is 3. The zero-order chi connectivity index (χ0) is 12.3. The molecule has 0 saturated carbocycles. The maximum absolute atomic E-state index is 5.52. The van der Waals surface area contributed by atoms with Crippen LogP contribution >= 0.6 is 12.2 Å². The normalized spacial score (nSPS) is 10.4. The highest BCUT2D eigenvalue weighted by atomic mass is 32.1. The number of pyridine rings is 1. The molecule has 0 atom stereocenters. The number of nitrogens with zero attached hydrogens (tertiary/aromatic N) is 2. The van der Waals surface area contributed by atoms with Crippen molar-refractivity contribution in [1.82, 2.24) is 4.98 Å². The van der Waals surface area contributed by atoms with Crippen LogP contribution in [0.15, 0.2) is 36.5 Å². The molecular formula is C13H15N3S. The van der Waals surface area contributed by atoms with Gasteiger partial charge in [-0.1, -0.05) is 36.5 Å². The number of thiocarbonyl (C=S) groups is 1. The molecule has 2 aromatic rings. The van der Waals surface area contributed by atoms with E-state index in [1.165, 1.54) is 5.39 Å². The van der Waals surface area contributed by atoms with E-state index in [2.05, 4.69) is 22.0 Å². The smallest absolute Gasteiger partial charge is 0.136 e. The second-order valence-corrected chi connectivity index (χ2v) is 4.52.